The van der Waals surface area contributed by atoms with E-state index in [0.717, 1.165) is 110 Å². The Hall–Kier alpha value is -2.76. The lowest BCUT2D eigenvalue weighted by Gasteiger charge is -2.37. The molecule has 0 saturated carbocycles. The molecule has 0 aromatic heterocycles. The van der Waals surface area contributed by atoms with Crippen LogP contribution in [0.15, 0.2) is 12.1 Å². The molecule has 15 nitrogen and oxygen atoms in total. The zero-order chi connectivity index (χ0) is 40.3. The number of carbonyl (C=O) groups excluding carboxylic acids is 3. The zero-order valence-corrected chi connectivity index (χ0v) is 33.6. The number of unbranched alkanes of at least 4 members (excludes halogenated alkanes) is 6. The predicted molar refractivity (Wildman–Crippen MR) is 212 cm³/mol. The maximum Gasteiger partial charge on any atom is 0.255 e. The maximum absolute atomic E-state index is 13.0. The number of nitrogen functional groups attached to an aromatic ring is 1. The van der Waals surface area contributed by atoms with E-state index < -0.39 is 31.0 Å². The van der Waals surface area contributed by atoms with Gasteiger partial charge in [0, 0.05) is 70.8 Å². The zero-order valence-electron chi connectivity index (χ0n) is 32.8. The third-order valence-corrected chi connectivity index (χ3v) is 11.4. The third kappa shape index (κ3) is 16.0. The summed E-state index contributed by atoms with van der Waals surface area (Å²) in [6.45, 7) is 4.83. The molecule has 0 spiro atoms. The number of benzene rings is 1. The molecule has 1 aromatic carbocycles. The first kappa shape index (κ1) is 46.6. The normalized spacial score (nSPS) is 18.3. The molecule has 0 aliphatic carbocycles. The number of anilines is 1. The SMILES string of the molecule is COc1cc(N)c(Cl)cc1C(=O)NC1CCN(CCCCCC(=O)N(C)C2CCN(CCCCCCCC(=O)NC[C@H](O)[C@@H](O)[C@H](O)[C@H](O)CO)CC2)CC1. The second kappa shape index (κ2) is 24.8. The van der Waals surface area contributed by atoms with Crippen molar-refractivity contribution in [1.82, 2.24) is 25.3 Å². The van der Waals surface area contributed by atoms with Gasteiger partial charge in [0.15, 0.2) is 0 Å². The lowest BCUT2D eigenvalue weighted by Crippen LogP contribution is -2.49. The Balaban J connectivity index is 1.16. The van der Waals surface area contributed by atoms with Crippen molar-refractivity contribution in [2.75, 3.05) is 72.3 Å². The lowest BCUT2D eigenvalue weighted by atomic mass is 10.0. The minimum absolute atomic E-state index is 0.0903. The van der Waals surface area contributed by atoms with E-state index in [1.54, 1.807) is 12.1 Å². The highest BCUT2D eigenvalue weighted by molar-refractivity contribution is 6.33. The number of ether oxygens (including phenoxy) is 1. The van der Waals surface area contributed by atoms with Crippen LogP contribution in [0.25, 0.3) is 0 Å². The minimum atomic E-state index is -1.71. The number of piperidine rings is 2. The Labute approximate surface area is 331 Å². The Morgan fingerprint density at radius 1 is 0.855 bits per heavy atom. The predicted octanol–water partition coefficient (Wildman–Crippen LogP) is 1.50. The molecule has 9 N–H and O–H groups in total. The number of amides is 3. The van der Waals surface area contributed by atoms with E-state index in [1.165, 1.54) is 7.11 Å². The summed E-state index contributed by atoms with van der Waals surface area (Å²) in [6.07, 6.45) is 5.91. The van der Waals surface area contributed by atoms with Crippen LogP contribution < -0.4 is 21.1 Å². The number of aliphatic hydroxyl groups excluding tert-OH is 5. The van der Waals surface area contributed by atoms with Crippen LogP contribution in [0.1, 0.15) is 100 Å². The van der Waals surface area contributed by atoms with Crippen molar-refractivity contribution < 1.29 is 44.7 Å². The summed E-state index contributed by atoms with van der Waals surface area (Å²) in [5.74, 6) is 0.169. The van der Waals surface area contributed by atoms with Crippen molar-refractivity contribution in [3.05, 3.63) is 22.7 Å². The molecule has 3 amide bonds. The van der Waals surface area contributed by atoms with Crippen molar-refractivity contribution in [3.63, 3.8) is 0 Å². The van der Waals surface area contributed by atoms with Crippen molar-refractivity contribution >= 4 is 35.0 Å². The van der Waals surface area contributed by atoms with Crippen LogP contribution in [0.2, 0.25) is 5.02 Å². The lowest BCUT2D eigenvalue weighted by molar-refractivity contribution is -0.133. The van der Waals surface area contributed by atoms with Gasteiger partial charge in [-0.1, -0.05) is 37.3 Å². The van der Waals surface area contributed by atoms with Crippen molar-refractivity contribution in [1.29, 1.82) is 0 Å². The standard InChI is InChI=1S/C39H67ClN6O9/c1-44(28-15-21-46(22-16-28)17-9-5-3-4-7-11-35(50)42-25-32(48)37(52)38(53)33(49)26-47)36(51)12-8-6-10-18-45-19-13-27(14-20-45)43-39(54)29-23-30(40)31(41)24-34(29)55-2/h23-24,27-28,32-33,37-38,47-49,52-53H,3-22,25-26,41H2,1-2H3,(H,42,50)(H,43,54)/t32-,33+,37+,38+/m0/s1. The number of nitrogens with zero attached hydrogens (tertiary/aromatic N) is 3. The molecule has 0 bridgehead atoms. The van der Waals surface area contributed by atoms with Gasteiger partial charge in [0.05, 0.1) is 36.1 Å². The van der Waals surface area contributed by atoms with Crippen LogP contribution in [0.4, 0.5) is 5.69 Å². The second-order valence-electron chi connectivity index (χ2n) is 15.2. The van der Waals surface area contributed by atoms with E-state index in [1.807, 2.05) is 11.9 Å². The highest BCUT2D eigenvalue weighted by atomic mass is 35.5. The van der Waals surface area contributed by atoms with Gasteiger partial charge in [0.2, 0.25) is 11.8 Å². The summed E-state index contributed by atoms with van der Waals surface area (Å²) in [7, 11) is 3.45. The summed E-state index contributed by atoms with van der Waals surface area (Å²) in [6, 6.07) is 3.50. The van der Waals surface area contributed by atoms with Gasteiger partial charge in [-0.25, -0.2) is 0 Å². The fraction of sp³-hybridized carbons (Fsp3) is 0.769. The molecule has 0 unspecified atom stereocenters. The number of hydrogen-bond acceptors (Lipinski definition) is 12. The molecule has 4 atom stereocenters. The molecule has 2 aliphatic rings. The molecule has 16 heteroatoms. The fourth-order valence-corrected chi connectivity index (χ4v) is 7.48. The Kier molecular flexibility index (Phi) is 21.0. The van der Waals surface area contributed by atoms with E-state index in [0.29, 0.717) is 41.3 Å². The number of hydrogen-bond donors (Lipinski definition) is 8. The number of likely N-dealkylation sites (tertiary alicyclic amines) is 2. The highest BCUT2D eigenvalue weighted by Crippen LogP contribution is 2.29. The first-order chi connectivity index (χ1) is 26.3. The molecule has 2 fully saturated rings. The molecule has 1 aromatic rings. The molecule has 2 heterocycles. The molecule has 2 aliphatic heterocycles. The van der Waals surface area contributed by atoms with Gasteiger partial charge in [0.1, 0.15) is 24.1 Å². The fourth-order valence-electron chi connectivity index (χ4n) is 7.32. The molecular weight excluding hydrogens is 732 g/mol. The number of methoxy groups -OCH3 is 1. The van der Waals surface area contributed by atoms with Gasteiger partial charge in [0.25, 0.3) is 5.91 Å². The van der Waals surface area contributed by atoms with Gasteiger partial charge in [-0.3, -0.25) is 14.4 Å². The number of rotatable bonds is 24. The number of aliphatic hydroxyl groups is 5. The van der Waals surface area contributed by atoms with Crippen LogP contribution in [0.3, 0.4) is 0 Å². The highest BCUT2D eigenvalue weighted by Gasteiger charge is 2.30. The van der Waals surface area contributed by atoms with Gasteiger partial charge < -0.3 is 61.3 Å². The van der Waals surface area contributed by atoms with E-state index >= 15 is 0 Å². The number of halogens is 1. The maximum atomic E-state index is 13.0. The van der Waals surface area contributed by atoms with Crippen LogP contribution in [0.5, 0.6) is 5.75 Å². The Morgan fingerprint density at radius 2 is 1.40 bits per heavy atom. The van der Waals surface area contributed by atoms with Crippen molar-refractivity contribution in [3.8, 4) is 5.75 Å². The largest absolute Gasteiger partial charge is 0.496 e. The van der Waals surface area contributed by atoms with E-state index in [-0.39, 0.29) is 36.3 Å². The van der Waals surface area contributed by atoms with Crippen molar-refractivity contribution in [2.45, 2.75) is 126 Å². The average molecular weight is 799 g/mol. The summed E-state index contributed by atoms with van der Waals surface area (Å²) >= 11 is 6.14. The smallest absolute Gasteiger partial charge is 0.255 e. The first-order valence-electron chi connectivity index (χ1n) is 20.1. The van der Waals surface area contributed by atoms with Gasteiger partial charge in [-0.05, 0) is 70.5 Å². The molecule has 3 rings (SSSR count). The van der Waals surface area contributed by atoms with Crippen LogP contribution in [-0.2, 0) is 9.59 Å². The van der Waals surface area contributed by atoms with Gasteiger partial charge in [-0.2, -0.15) is 0 Å². The summed E-state index contributed by atoms with van der Waals surface area (Å²) in [4.78, 5) is 44.8. The number of carbonyl (C=O) groups is 3. The van der Waals surface area contributed by atoms with Gasteiger partial charge >= 0.3 is 0 Å². The monoisotopic (exact) mass is 798 g/mol. The molecule has 55 heavy (non-hydrogen) atoms. The summed E-state index contributed by atoms with van der Waals surface area (Å²) < 4.78 is 5.32. The van der Waals surface area contributed by atoms with Crippen molar-refractivity contribution in [2.24, 2.45) is 0 Å². The van der Waals surface area contributed by atoms with Crippen LogP contribution >= 0.6 is 11.6 Å². The summed E-state index contributed by atoms with van der Waals surface area (Å²) in [5.41, 5.74) is 6.60. The minimum Gasteiger partial charge on any atom is -0.496 e. The average Bonchev–Trinajstić information content (AvgIpc) is 3.19. The second-order valence-corrected chi connectivity index (χ2v) is 15.6. The van der Waals surface area contributed by atoms with Crippen LogP contribution in [0, 0.1) is 0 Å². The molecule has 0 radical (unpaired) electrons. The summed E-state index contributed by atoms with van der Waals surface area (Å²) in [5, 5.41) is 53.6. The Morgan fingerprint density at radius 3 is 2.02 bits per heavy atom. The topological polar surface area (TPSA) is 221 Å². The Bertz CT molecular complexity index is 1310. The van der Waals surface area contributed by atoms with Crippen LogP contribution in [-0.4, -0.2) is 161 Å². The van der Waals surface area contributed by atoms with E-state index in [9.17, 15) is 34.8 Å². The number of nitrogens with two attached hydrogens (primary N) is 1. The first-order valence-corrected chi connectivity index (χ1v) is 20.5. The van der Waals surface area contributed by atoms with E-state index in [2.05, 4.69) is 20.4 Å². The van der Waals surface area contributed by atoms with E-state index in [4.69, 9.17) is 27.2 Å². The number of nitrogens with one attached hydrogen (secondary N) is 2. The molecule has 2 saturated heterocycles. The third-order valence-electron chi connectivity index (χ3n) is 11.1. The molecule has 314 valence electrons. The molecular formula is C39H67ClN6O9. The quantitative estimate of drug-likeness (QED) is 0.0551. The van der Waals surface area contributed by atoms with Gasteiger partial charge in [-0.15, -0.1) is 0 Å².